The average Bonchev–Trinajstić information content (AvgIpc) is 2.20. The quantitative estimate of drug-likeness (QED) is 0.696. The first-order valence-corrected chi connectivity index (χ1v) is 5.35. The molecule has 0 spiro atoms. The molecule has 0 bridgehead atoms. The Morgan fingerprint density at radius 1 is 1.57 bits per heavy atom. The standard InChI is InChI=1S/C11H19NO2/c1-2-5-11(13)12-8-7-10-6-3-4-9-14-10/h2,5,10H,3-4,6-9H2,1H3,(H,12,13)/b5-2+. The minimum atomic E-state index is -0.0108. The predicted octanol–water partition coefficient (Wildman–Crippen LogP) is 1.64. The normalized spacial score (nSPS) is 22.5. The van der Waals surface area contributed by atoms with E-state index < -0.39 is 0 Å². The van der Waals surface area contributed by atoms with Crippen LogP contribution >= 0.6 is 0 Å². The minimum Gasteiger partial charge on any atom is -0.378 e. The van der Waals surface area contributed by atoms with Gasteiger partial charge in [-0.1, -0.05) is 6.08 Å². The van der Waals surface area contributed by atoms with Crippen LogP contribution in [0, 0.1) is 0 Å². The first-order chi connectivity index (χ1) is 6.83. The highest BCUT2D eigenvalue weighted by Gasteiger charge is 2.12. The zero-order chi connectivity index (χ0) is 10.2. The Balaban J connectivity index is 2.05. The smallest absolute Gasteiger partial charge is 0.243 e. The molecule has 0 aromatic heterocycles. The molecule has 0 aromatic carbocycles. The molecule has 1 atom stereocenters. The van der Waals surface area contributed by atoms with Gasteiger partial charge in [-0.05, 0) is 38.7 Å². The van der Waals surface area contributed by atoms with Crippen LogP contribution in [-0.4, -0.2) is 25.2 Å². The number of carbonyl (C=O) groups excluding carboxylic acids is 1. The predicted molar refractivity (Wildman–Crippen MR) is 56.0 cm³/mol. The van der Waals surface area contributed by atoms with Gasteiger partial charge in [-0.3, -0.25) is 4.79 Å². The summed E-state index contributed by atoms with van der Waals surface area (Å²) in [6.07, 6.45) is 8.15. The van der Waals surface area contributed by atoms with Crippen LogP contribution in [0.1, 0.15) is 32.6 Å². The summed E-state index contributed by atoms with van der Waals surface area (Å²) in [5.41, 5.74) is 0. The molecule has 0 aromatic rings. The summed E-state index contributed by atoms with van der Waals surface area (Å²) in [5.74, 6) is -0.0108. The summed E-state index contributed by atoms with van der Waals surface area (Å²) < 4.78 is 5.55. The highest BCUT2D eigenvalue weighted by Crippen LogP contribution is 2.14. The van der Waals surface area contributed by atoms with Crippen LogP contribution in [0.4, 0.5) is 0 Å². The Hall–Kier alpha value is -0.830. The van der Waals surface area contributed by atoms with E-state index in [4.69, 9.17) is 4.74 Å². The summed E-state index contributed by atoms with van der Waals surface area (Å²) in [5, 5.41) is 2.83. The van der Waals surface area contributed by atoms with E-state index in [2.05, 4.69) is 5.32 Å². The van der Waals surface area contributed by atoms with Crippen molar-refractivity contribution in [3.05, 3.63) is 12.2 Å². The van der Waals surface area contributed by atoms with Gasteiger partial charge in [0.15, 0.2) is 0 Å². The van der Waals surface area contributed by atoms with E-state index in [0.29, 0.717) is 12.6 Å². The third-order valence-electron chi connectivity index (χ3n) is 2.36. The summed E-state index contributed by atoms with van der Waals surface area (Å²) in [6, 6.07) is 0. The van der Waals surface area contributed by atoms with E-state index in [9.17, 15) is 4.79 Å². The maximum atomic E-state index is 11.0. The Kier molecular flexibility index (Phi) is 5.30. The van der Waals surface area contributed by atoms with Gasteiger partial charge in [0.2, 0.25) is 5.91 Å². The fourth-order valence-corrected chi connectivity index (χ4v) is 1.60. The Labute approximate surface area is 85.5 Å². The second-order valence-corrected chi connectivity index (χ2v) is 3.57. The van der Waals surface area contributed by atoms with Gasteiger partial charge in [0.05, 0.1) is 6.10 Å². The van der Waals surface area contributed by atoms with Crippen LogP contribution in [-0.2, 0) is 9.53 Å². The second kappa shape index (κ2) is 6.60. The van der Waals surface area contributed by atoms with Crippen molar-refractivity contribution in [2.75, 3.05) is 13.2 Å². The molecule has 0 radical (unpaired) electrons. The highest BCUT2D eigenvalue weighted by atomic mass is 16.5. The molecule has 1 rings (SSSR count). The van der Waals surface area contributed by atoms with Crippen LogP contribution in [0.5, 0.6) is 0 Å². The molecule has 1 amide bonds. The Morgan fingerprint density at radius 2 is 2.43 bits per heavy atom. The zero-order valence-corrected chi connectivity index (χ0v) is 8.79. The van der Waals surface area contributed by atoms with Gasteiger partial charge >= 0.3 is 0 Å². The number of nitrogens with one attached hydrogen (secondary N) is 1. The molecule has 3 heteroatoms. The van der Waals surface area contributed by atoms with E-state index in [1.807, 2.05) is 6.92 Å². The van der Waals surface area contributed by atoms with E-state index in [1.54, 1.807) is 12.2 Å². The monoisotopic (exact) mass is 197 g/mol. The molecule has 80 valence electrons. The fraction of sp³-hybridized carbons (Fsp3) is 0.727. The van der Waals surface area contributed by atoms with Crippen molar-refractivity contribution in [1.82, 2.24) is 5.32 Å². The van der Waals surface area contributed by atoms with Crippen molar-refractivity contribution >= 4 is 5.91 Å². The average molecular weight is 197 g/mol. The van der Waals surface area contributed by atoms with Gasteiger partial charge in [0.1, 0.15) is 0 Å². The maximum absolute atomic E-state index is 11.0. The van der Waals surface area contributed by atoms with E-state index >= 15 is 0 Å². The van der Waals surface area contributed by atoms with Gasteiger partial charge in [0, 0.05) is 13.2 Å². The van der Waals surface area contributed by atoms with Gasteiger partial charge < -0.3 is 10.1 Å². The molecule has 14 heavy (non-hydrogen) atoms. The molecular formula is C11H19NO2. The molecule has 1 aliphatic heterocycles. The second-order valence-electron chi connectivity index (χ2n) is 3.57. The number of carbonyl (C=O) groups is 1. The molecule has 1 aliphatic rings. The van der Waals surface area contributed by atoms with E-state index in [0.717, 1.165) is 19.4 Å². The van der Waals surface area contributed by atoms with Crippen LogP contribution in [0.2, 0.25) is 0 Å². The first kappa shape index (κ1) is 11.2. The molecule has 1 saturated heterocycles. The SMILES string of the molecule is C/C=C/C(=O)NCCC1CCCCO1. The van der Waals surface area contributed by atoms with Crippen molar-refractivity contribution in [3.63, 3.8) is 0 Å². The Morgan fingerprint density at radius 3 is 3.07 bits per heavy atom. The molecule has 1 N–H and O–H groups in total. The van der Waals surface area contributed by atoms with Crippen molar-refractivity contribution in [1.29, 1.82) is 0 Å². The molecule has 0 aliphatic carbocycles. The number of rotatable bonds is 4. The Bertz CT molecular complexity index is 195. The van der Waals surface area contributed by atoms with Gasteiger partial charge in [0.25, 0.3) is 0 Å². The van der Waals surface area contributed by atoms with Crippen LogP contribution in [0.25, 0.3) is 0 Å². The van der Waals surface area contributed by atoms with Crippen molar-refractivity contribution in [3.8, 4) is 0 Å². The van der Waals surface area contributed by atoms with E-state index in [-0.39, 0.29) is 5.91 Å². The summed E-state index contributed by atoms with van der Waals surface area (Å²) >= 11 is 0. The van der Waals surface area contributed by atoms with Crippen LogP contribution in [0.15, 0.2) is 12.2 Å². The first-order valence-electron chi connectivity index (χ1n) is 5.35. The topological polar surface area (TPSA) is 38.3 Å². The number of hydrogen-bond donors (Lipinski definition) is 1. The molecule has 1 heterocycles. The largest absolute Gasteiger partial charge is 0.378 e. The van der Waals surface area contributed by atoms with Gasteiger partial charge in [-0.15, -0.1) is 0 Å². The fourth-order valence-electron chi connectivity index (χ4n) is 1.60. The lowest BCUT2D eigenvalue weighted by molar-refractivity contribution is -0.116. The van der Waals surface area contributed by atoms with Crippen molar-refractivity contribution < 1.29 is 9.53 Å². The highest BCUT2D eigenvalue weighted by molar-refractivity contribution is 5.87. The lowest BCUT2D eigenvalue weighted by Crippen LogP contribution is -2.28. The van der Waals surface area contributed by atoms with Gasteiger partial charge in [-0.25, -0.2) is 0 Å². The lowest BCUT2D eigenvalue weighted by atomic mass is 10.1. The molecule has 3 nitrogen and oxygen atoms in total. The van der Waals surface area contributed by atoms with Crippen molar-refractivity contribution in [2.24, 2.45) is 0 Å². The molecular weight excluding hydrogens is 178 g/mol. The number of hydrogen-bond acceptors (Lipinski definition) is 2. The summed E-state index contributed by atoms with van der Waals surface area (Å²) in [6.45, 7) is 3.44. The zero-order valence-electron chi connectivity index (χ0n) is 8.79. The maximum Gasteiger partial charge on any atom is 0.243 e. The van der Waals surface area contributed by atoms with Crippen LogP contribution < -0.4 is 5.32 Å². The van der Waals surface area contributed by atoms with Gasteiger partial charge in [-0.2, -0.15) is 0 Å². The van der Waals surface area contributed by atoms with E-state index in [1.165, 1.54) is 12.8 Å². The van der Waals surface area contributed by atoms with Crippen LogP contribution in [0.3, 0.4) is 0 Å². The number of allylic oxidation sites excluding steroid dienone is 1. The summed E-state index contributed by atoms with van der Waals surface area (Å²) in [7, 11) is 0. The lowest BCUT2D eigenvalue weighted by Gasteiger charge is -2.22. The number of ether oxygens (including phenoxy) is 1. The molecule has 1 fully saturated rings. The minimum absolute atomic E-state index is 0.0108. The number of amides is 1. The third-order valence-corrected chi connectivity index (χ3v) is 2.36. The van der Waals surface area contributed by atoms with Crippen molar-refractivity contribution in [2.45, 2.75) is 38.7 Å². The molecule has 0 saturated carbocycles. The summed E-state index contributed by atoms with van der Waals surface area (Å²) in [4.78, 5) is 11.0. The molecule has 1 unspecified atom stereocenters. The third kappa shape index (κ3) is 4.42.